The zero-order valence-corrected chi connectivity index (χ0v) is 10.9. The molecule has 1 aromatic rings. The van der Waals surface area contributed by atoms with Gasteiger partial charge in [-0.2, -0.15) is 0 Å². The molecule has 4 nitrogen and oxygen atoms in total. The van der Waals surface area contributed by atoms with Crippen LogP contribution in [-0.4, -0.2) is 30.7 Å². The number of nitrogen functional groups attached to an aromatic ring is 1. The van der Waals surface area contributed by atoms with Gasteiger partial charge in [0.2, 0.25) is 0 Å². The molecule has 0 atom stereocenters. The van der Waals surface area contributed by atoms with E-state index in [1.54, 1.807) is 30.9 Å². The van der Waals surface area contributed by atoms with Gasteiger partial charge in [-0.3, -0.25) is 0 Å². The third-order valence-corrected chi connectivity index (χ3v) is 4.93. The number of rotatable bonds is 6. The summed E-state index contributed by atoms with van der Waals surface area (Å²) in [7, 11) is -2.83. The van der Waals surface area contributed by atoms with E-state index in [0.29, 0.717) is 12.2 Å². The van der Waals surface area contributed by atoms with E-state index in [2.05, 4.69) is 4.98 Å². The van der Waals surface area contributed by atoms with Gasteiger partial charge in [0.1, 0.15) is 15.7 Å². The minimum atomic E-state index is -2.83. The summed E-state index contributed by atoms with van der Waals surface area (Å²) in [5.41, 5.74) is 5.46. The molecular formula is C10H16N2O2S2. The number of nitrogens with zero attached hydrogens (tertiary/aromatic N) is 1. The highest BCUT2D eigenvalue weighted by Gasteiger charge is 2.06. The van der Waals surface area contributed by atoms with E-state index < -0.39 is 9.84 Å². The molecular weight excluding hydrogens is 244 g/mol. The van der Waals surface area contributed by atoms with E-state index in [0.717, 1.165) is 10.6 Å². The van der Waals surface area contributed by atoms with Crippen molar-refractivity contribution in [3.05, 3.63) is 18.3 Å². The molecule has 6 heteroatoms. The van der Waals surface area contributed by atoms with E-state index in [1.807, 2.05) is 6.07 Å². The molecule has 0 saturated heterocycles. The van der Waals surface area contributed by atoms with Crippen molar-refractivity contribution in [1.29, 1.82) is 0 Å². The van der Waals surface area contributed by atoms with Crippen molar-refractivity contribution in [1.82, 2.24) is 4.98 Å². The lowest BCUT2D eigenvalue weighted by Crippen LogP contribution is -2.09. The van der Waals surface area contributed by atoms with Crippen LogP contribution in [-0.2, 0) is 9.84 Å². The molecule has 2 N–H and O–H groups in total. The maximum Gasteiger partial charge on any atom is 0.150 e. The van der Waals surface area contributed by atoms with Crippen LogP contribution in [0.1, 0.15) is 13.3 Å². The molecule has 0 aliphatic heterocycles. The van der Waals surface area contributed by atoms with E-state index in [1.165, 1.54) is 0 Å². The number of aromatic nitrogens is 1. The lowest BCUT2D eigenvalue weighted by Gasteiger charge is -2.02. The maximum absolute atomic E-state index is 11.2. The standard InChI is InChI=1S/C10H16N2O2S2/c1-2-16(13,14)7-3-6-15-9-4-5-10(11)12-8-9/h4-5,8H,2-3,6-7H2,1H3,(H2,11,12). The molecule has 0 radical (unpaired) electrons. The van der Waals surface area contributed by atoms with Gasteiger partial charge in [-0.05, 0) is 24.3 Å². The second kappa shape index (κ2) is 6.10. The summed E-state index contributed by atoms with van der Waals surface area (Å²) in [5, 5.41) is 0. The minimum absolute atomic E-state index is 0.223. The van der Waals surface area contributed by atoms with Crippen LogP contribution in [0.15, 0.2) is 23.2 Å². The fourth-order valence-corrected chi connectivity index (χ4v) is 2.96. The average molecular weight is 260 g/mol. The molecule has 0 amide bonds. The fourth-order valence-electron chi connectivity index (χ4n) is 1.09. The molecule has 1 aromatic heterocycles. The first-order valence-electron chi connectivity index (χ1n) is 5.08. The SMILES string of the molecule is CCS(=O)(=O)CCCSc1ccc(N)nc1. The van der Waals surface area contributed by atoms with Gasteiger partial charge in [-0.25, -0.2) is 13.4 Å². The zero-order valence-electron chi connectivity index (χ0n) is 9.22. The van der Waals surface area contributed by atoms with Crippen LogP contribution in [0.25, 0.3) is 0 Å². The lowest BCUT2D eigenvalue weighted by molar-refractivity contribution is 0.596. The van der Waals surface area contributed by atoms with Crippen LogP contribution in [0.5, 0.6) is 0 Å². The summed E-state index contributed by atoms with van der Waals surface area (Å²) in [6.45, 7) is 1.67. The third-order valence-electron chi connectivity index (χ3n) is 2.07. The number of nitrogens with two attached hydrogens (primary N) is 1. The highest BCUT2D eigenvalue weighted by molar-refractivity contribution is 7.99. The quantitative estimate of drug-likeness (QED) is 0.621. The van der Waals surface area contributed by atoms with E-state index in [-0.39, 0.29) is 11.5 Å². The molecule has 1 rings (SSSR count). The Labute approximate surface area is 101 Å². The molecule has 0 aliphatic rings. The van der Waals surface area contributed by atoms with Crippen LogP contribution < -0.4 is 5.73 Å². The van der Waals surface area contributed by atoms with Gasteiger partial charge in [0.25, 0.3) is 0 Å². The minimum Gasteiger partial charge on any atom is -0.384 e. The van der Waals surface area contributed by atoms with Gasteiger partial charge in [-0.1, -0.05) is 6.92 Å². The van der Waals surface area contributed by atoms with E-state index in [4.69, 9.17) is 5.73 Å². The summed E-state index contributed by atoms with van der Waals surface area (Å²) in [6.07, 6.45) is 2.37. The van der Waals surface area contributed by atoms with Crippen LogP contribution in [0.4, 0.5) is 5.82 Å². The van der Waals surface area contributed by atoms with Crippen LogP contribution in [0, 0.1) is 0 Å². The van der Waals surface area contributed by atoms with Gasteiger partial charge in [-0.15, -0.1) is 11.8 Å². The predicted molar refractivity (Wildman–Crippen MR) is 68.3 cm³/mol. The van der Waals surface area contributed by atoms with Crippen molar-refractivity contribution in [3.63, 3.8) is 0 Å². The molecule has 0 saturated carbocycles. The number of hydrogen-bond donors (Lipinski definition) is 1. The van der Waals surface area contributed by atoms with Gasteiger partial charge >= 0.3 is 0 Å². The van der Waals surface area contributed by atoms with Gasteiger partial charge in [0.15, 0.2) is 0 Å². The molecule has 16 heavy (non-hydrogen) atoms. The van der Waals surface area contributed by atoms with Gasteiger partial charge in [0, 0.05) is 16.8 Å². The molecule has 0 bridgehead atoms. The zero-order chi connectivity index (χ0) is 12.0. The van der Waals surface area contributed by atoms with Crippen LogP contribution in [0.2, 0.25) is 0 Å². The Morgan fingerprint density at radius 3 is 2.75 bits per heavy atom. The predicted octanol–water partition coefficient (Wildman–Crippen LogP) is 1.58. The Balaban J connectivity index is 2.29. The summed E-state index contributed by atoms with van der Waals surface area (Å²) in [5.74, 6) is 1.77. The first-order chi connectivity index (χ1) is 7.53. The number of hydrogen-bond acceptors (Lipinski definition) is 5. The summed E-state index contributed by atoms with van der Waals surface area (Å²) in [6, 6.07) is 3.63. The van der Waals surface area contributed by atoms with Crippen molar-refractivity contribution in [3.8, 4) is 0 Å². The molecule has 0 aromatic carbocycles. The smallest absolute Gasteiger partial charge is 0.150 e. The molecule has 0 fully saturated rings. The number of anilines is 1. The second-order valence-corrected chi connectivity index (χ2v) is 7.00. The maximum atomic E-state index is 11.2. The molecule has 0 unspecified atom stereocenters. The first kappa shape index (κ1) is 13.3. The lowest BCUT2D eigenvalue weighted by atomic mass is 10.5. The normalized spacial score (nSPS) is 11.6. The highest BCUT2D eigenvalue weighted by Crippen LogP contribution is 2.18. The monoisotopic (exact) mass is 260 g/mol. The number of thioether (sulfide) groups is 1. The molecule has 0 spiro atoms. The van der Waals surface area contributed by atoms with Crippen molar-refractivity contribution >= 4 is 27.4 Å². The fraction of sp³-hybridized carbons (Fsp3) is 0.500. The average Bonchev–Trinajstić information content (AvgIpc) is 2.27. The molecule has 1 heterocycles. The molecule has 0 aliphatic carbocycles. The van der Waals surface area contributed by atoms with Crippen LogP contribution in [0.3, 0.4) is 0 Å². The largest absolute Gasteiger partial charge is 0.384 e. The number of pyridine rings is 1. The van der Waals surface area contributed by atoms with Gasteiger partial charge in [0.05, 0.1) is 5.75 Å². The van der Waals surface area contributed by atoms with Crippen molar-refractivity contribution in [2.24, 2.45) is 0 Å². The van der Waals surface area contributed by atoms with Gasteiger partial charge < -0.3 is 5.73 Å². The Morgan fingerprint density at radius 1 is 1.44 bits per heavy atom. The Kier molecular flexibility index (Phi) is 5.08. The van der Waals surface area contributed by atoms with Crippen molar-refractivity contribution in [2.75, 3.05) is 23.0 Å². The first-order valence-corrected chi connectivity index (χ1v) is 7.89. The molecule has 90 valence electrons. The number of sulfone groups is 1. The summed E-state index contributed by atoms with van der Waals surface area (Å²) < 4.78 is 22.4. The summed E-state index contributed by atoms with van der Waals surface area (Å²) >= 11 is 1.60. The highest BCUT2D eigenvalue weighted by atomic mass is 32.2. The van der Waals surface area contributed by atoms with Crippen molar-refractivity contribution < 1.29 is 8.42 Å². The van der Waals surface area contributed by atoms with Crippen molar-refractivity contribution in [2.45, 2.75) is 18.2 Å². The topological polar surface area (TPSA) is 73.0 Å². The summed E-state index contributed by atoms with van der Waals surface area (Å²) in [4.78, 5) is 4.98. The van der Waals surface area contributed by atoms with E-state index >= 15 is 0 Å². The van der Waals surface area contributed by atoms with E-state index in [9.17, 15) is 8.42 Å². The third kappa shape index (κ3) is 4.85. The second-order valence-electron chi connectivity index (χ2n) is 3.36. The van der Waals surface area contributed by atoms with Crippen LogP contribution >= 0.6 is 11.8 Å². The Bertz CT molecular complexity index is 415. The Hall–Kier alpha value is -0.750. The Morgan fingerprint density at radius 2 is 2.19 bits per heavy atom.